The van der Waals surface area contributed by atoms with E-state index >= 15 is 0 Å². The van der Waals surface area contributed by atoms with Crippen molar-refractivity contribution in [1.29, 1.82) is 0 Å². The lowest BCUT2D eigenvalue weighted by molar-refractivity contribution is -0.136. The van der Waals surface area contributed by atoms with E-state index in [1.54, 1.807) is 23.6 Å². The Morgan fingerprint density at radius 3 is 2.54 bits per heavy atom. The van der Waals surface area contributed by atoms with Crippen LogP contribution < -0.4 is 10.6 Å². The number of hydrogen-bond acceptors (Lipinski definition) is 7. The smallest absolute Gasteiger partial charge is 0.304 e. The monoisotopic (exact) mass is 411 g/mol. The number of nitrogens with one attached hydrogen (secondary N) is 2. The molecular weight excluding hydrogens is 394 g/mol. The molecule has 138 valence electrons. The van der Waals surface area contributed by atoms with Gasteiger partial charge in [0.05, 0.1) is 12.1 Å². The van der Waals surface area contributed by atoms with Gasteiger partial charge in [-0.25, -0.2) is 0 Å². The van der Waals surface area contributed by atoms with Gasteiger partial charge in [-0.1, -0.05) is 21.6 Å². The Kier molecular flexibility index (Phi) is 8.45. The minimum atomic E-state index is -0.814. The average molecular weight is 412 g/mol. The van der Waals surface area contributed by atoms with Gasteiger partial charge in [0.1, 0.15) is 4.88 Å². The number of carboxylic acids is 1. The van der Waals surface area contributed by atoms with Crippen LogP contribution in [0.25, 0.3) is 0 Å². The number of anilines is 1. The maximum atomic E-state index is 12.3. The summed E-state index contributed by atoms with van der Waals surface area (Å²) in [6, 6.07) is 4.89. The molecule has 3 N–H and O–H groups in total. The van der Waals surface area contributed by atoms with Gasteiger partial charge in [0.2, 0.25) is 0 Å². The van der Waals surface area contributed by atoms with Crippen LogP contribution in [0.1, 0.15) is 26.5 Å². The molecule has 0 saturated heterocycles. The summed E-state index contributed by atoms with van der Waals surface area (Å²) >= 11 is 1.25. The second-order valence-corrected chi connectivity index (χ2v) is 8.52. The third-order valence-electron chi connectivity index (χ3n) is 3.02. The third-order valence-corrected chi connectivity index (χ3v) is 6.34. The predicted octanol–water partition coefficient (Wildman–Crippen LogP) is 2.98. The number of rotatable bonds is 10. The second-order valence-electron chi connectivity index (χ2n) is 4.90. The molecule has 0 radical (unpaired) electrons. The van der Waals surface area contributed by atoms with Gasteiger partial charge in [0.25, 0.3) is 11.8 Å². The maximum Gasteiger partial charge on any atom is 0.304 e. The molecule has 0 atom stereocenters. The third kappa shape index (κ3) is 6.70. The molecule has 0 saturated carbocycles. The highest BCUT2D eigenvalue weighted by atomic mass is 33.1. The van der Waals surface area contributed by atoms with Crippen molar-refractivity contribution in [2.24, 2.45) is 0 Å². The quantitative estimate of drug-likeness (QED) is 0.407. The molecular formula is C16H17N3O4S3. The van der Waals surface area contributed by atoms with Gasteiger partial charge >= 0.3 is 5.97 Å². The first-order valence-corrected chi connectivity index (χ1v) is 11.0. The van der Waals surface area contributed by atoms with Crippen molar-refractivity contribution in [2.75, 3.05) is 23.4 Å². The van der Waals surface area contributed by atoms with Gasteiger partial charge in [0.15, 0.2) is 0 Å². The fourth-order valence-corrected chi connectivity index (χ4v) is 4.47. The highest BCUT2D eigenvalue weighted by molar-refractivity contribution is 8.76. The number of nitrogens with zero attached hydrogens (tertiary/aromatic N) is 1. The zero-order valence-electron chi connectivity index (χ0n) is 13.6. The molecule has 2 aromatic heterocycles. The summed E-state index contributed by atoms with van der Waals surface area (Å²) in [5.74, 6) is -0.165. The Morgan fingerprint density at radius 2 is 1.81 bits per heavy atom. The van der Waals surface area contributed by atoms with Gasteiger partial charge in [-0.3, -0.25) is 19.4 Å². The number of aromatic nitrogens is 1. The van der Waals surface area contributed by atoms with E-state index in [9.17, 15) is 14.4 Å². The van der Waals surface area contributed by atoms with Crippen LogP contribution in [0, 0.1) is 0 Å². The summed E-state index contributed by atoms with van der Waals surface area (Å²) in [5, 5.41) is 15.8. The molecule has 26 heavy (non-hydrogen) atoms. The van der Waals surface area contributed by atoms with Crippen molar-refractivity contribution < 1.29 is 19.5 Å². The normalized spacial score (nSPS) is 10.3. The van der Waals surface area contributed by atoms with E-state index in [4.69, 9.17) is 5.11 Å². The van der Waals surface area contributed by atoms with Gasteiger partial charge in [-0.2, -0.15) is 0 Å². The van der Waals surface area contributed by atoms with E-state index in [1.165, 1.54) is 45.3 Å². The Hall–Kier alpha value is -2.04. The zero-order chi connectivity index (χ0) is 18.8. The van der Waals surface area contributed by atoms with Crippen LogP contribution >= 0.6 is 32.9 Å². The number of carbonyl (C=O) groups excluding carboxylic acids is 2. The summed E-state index contributed by atoms with van der Waals surface area (Å²) < 4.78 is 0. The van der Waals surface area contributed by atoms with E-state index in [0.29, 0.717) is 34.2 Å². The second kappa shape index (κ2) is 10.8. The molecule has 0 unspecified atom stereocenters. The molecule has 2 aromatic rings. The first-order valence-electron chi connectivity index (χ1n) is 7.61. The molecule has 0 aliphatic heterocycles. The minimum absolute atomic E-state index is 0.125. The Bertz CT molecular complexity index is 752. The van der Waals surface area contributed by atoms with Crippen LogP contribution in [0.2, 0.25) is 0 Å². The highest BCUT2D eigenvalue weighted by Crippen LogP contribution is 2.24. The summed E-state index contributed by atoms with van der Waals surface area (Å²) in [6.07, 6.45) is 3.18. The van der Waals surface area contributed by atoms with Crippen molar-refractivity contribution in [1.82, 2.24) is 10.3 Å². The number of hydrogen-bond donors (Lipinski definition) is 3. The maximum absolute atomic E-state index is 12.3. The zero-order valence-corrected chi connectivity index (χ0v) is 16.1. The lowest BCUT2D eigenvalue weighted by Crippen LogP contribution is -2.26. The van der Waals surface area contributed by atoms with Crippen LogP contribution in [0.15, 0.2) is 36.0 Å². The summed E-state index contributed by atoms with van der Waals surface area (Å²) in [4.78, 5) is 39.2. The van der Waals surface area contributed by atoms with Crippen LogP contribution in [0.4, 0.5) is 5.69 Å². The molecule has 2 amide bonds. The highest BCUT2D eigenvalue weighted by Gasteiger charge is 2.15. The lowest BCUT2D eigenvalue weighted by Gasteiger charge is -2.07. The van der Waals surface area contributed by atoms with Crippen LogP contribution in [0.3, 0.4) is 0 Å². The van der Waals surface area contributed by atoms with Crippen molar-refractivity contribution >= 4 is 56.4 Å². The Labute approximate surface area is 162 Å². The number of pyridine rings is 1. The topological polar surface area (TPSA) is 108 Å². The largest absolute Gasteiger partial charge is 0.481 e. The van der Waals surface area contributed by atoms with Crippen LogP contribution in [-0.4, -0.2) is 45.9 Å². The van der Waals surface area contributed by atoms with Gasteiger partial charge in [0, 0.05) is 36.0 Å². The number of aliphatic carboxylic acids is 1. The SMILES string of the molecule is O=C(O)CCSSCCNC(=O)c1sccc1NC(=O)c1ccncc1. The lowest BCUT2D eigenvalue weighted by atomic mass is 10.2. The molecule has 2 rings (SSSR count). The summed E-state index contributed by atoms with van der Waals surface area (Å²) in [7, 11) is 2.98. The standard InChI is InChI=1S/C16H17N3O4S3/c20-13(21)4-9-25-26-10-7-18-16(23)14-12(3-8-24-14)19-15(22)11-1-5-17-6-2-11/h1-3,5-6,8H,4,7,9-10H2,(H,18,23)(H,19,22)(H,20,21). The van der Waals surface area contributed by atoms with Crippen molar-refractivity contribution in [3.8, 4) is 0 Å². The molecule has 0 aromatic carbocycles. The molecule has 0 spiro atoms. The number of amides is 2. The van der Waals surface area contributed by atoms with E-state index in [0.717, 1.165) is 0 Å². The molecule has 7 nitrogen and oxygen atoms in total. The molecule has 0 fully saturated rings. The Morgan fingerprint density at radius 1 is 1.08 bits per heavy atom. The van der Waals surface area contributed by atoms with Gasteiger partial charge < -0.3 is 15.7 Å². The van der Waals surface area contributed by atoms with Gasteiger partial charge in [-0.05, 0) is 23.6 Å². The summed E-state index contributed by atoms with van der Waals surface area (Å²) in [6.45, 7) is 0.458. The Balaban J connectivity index is 1.77. The number of carboxylic acid groups (broad SMARTS) is 1. The van der Waals surface area contributed by atoms with E-state index in [1.807, 2.05) is 0 Å². The number of thiophene rings is 1. The van der Waals surface area contributed by atoms with Gasteiger partial charge in [-0.15, -0.1) is 11.3 Å². The fourth-order valence-electron chi connectivity index (χ4n) is 1.81. The van der Waals surface area contributed by atoms with Crippen LogP contribution in [-0.2, 0) is 4.79 Å². The first kappa shape index (κ1) is 20.3. The molecule has 0 bridgehead atoms. The molecule has 10 heteroatoms. The van der Waals surface area contributed by atoms with Crippen molar-refractivity contribution in [3.05, 3.63) is 46.4 Å². The van der Waals surface area contributed by atoms with E-state index < -0.39 is 5.97 Å². The average Bonchev–Trinajstić information content (AvgIpc) is 3.09. The number of carbonyl (C=O) groups is 3. The van der Waals surface area contributed by atoms with Crippen LogP contribution in [0.5, 0.6) is 0 Å². The fraction of sp³-hybridized carbons (Fsp3) is 0.250. The van der Waals surface area contributed by atoms with E-state index in [2.05, 4.69) is 15.6 Å². The van der Waals surface area contributed by atoms with Crippen molar-refractivity contribution in [3.63, 3.8) is 0 Å². The predicted molar refractivity (Wildman–Crippen MR) is 106 cm³/mol. The summed E-state index contributed by atoms with van der Waals surface area (Å²) in [5.41, 5.74) is 0.935. The minimum Gasteiger partial charge on any atom is -0.481 e. The molecule has 0 aliphatic carbocycles. The first-order chi connectivity index (χ1) is 12.6. The molecule has 0 aliphatic rings. The van der Waals surface area contributed by atoms with Crippen molar-refractivity contribution in [2.45, 2.75) is 6.42 Å². The molecule has 2 heterocycles. The van der Waals surface area contributed by atoms with E-state index in [-0.39, 0.29) is 18.2 Å².